The molecule has 1 unspecified atom stereocenters. The molecule has 0 radical (unpaired) electrons. The molecule has 1 aromatic heterocycles. The minimum absolute atomic E-state index is 0. The third kappa shape index (κ3) is 6.60. The van der Waals surface area contributed by atoms with E-state index in [0.717, 1.165) is 31.9 Å². The van der Waals surface area contributed by atoms with Crippen LogP contribution in [0.2, 0.25) is 0 Å². The molecule has 1 heterocycles. The molecule has 1 atom stereocenters. The van der Waals surface area contributed by atoms with Crippen molar-refractivity contribution in [1.29, 1.82) is 0 Å². The summed E-state index contributed by atoms with van der Waals surface area (Å²) in [5, 5.41) is 13.2. The van der Waals surface area contributed by atoms with Crippen LogP contribution in [0, 0.1) is 0 Å². The fourth-order valence-electron chi connectivity index (χ4n) is 1.71. The maximum absolute atomic E-state index is 9.94. The minimum Gasteiger partial charge on any atom is -0.467 e. The Morgan fingerprint density at radius 3 is 2.80 bits per heavy atom. The molecule has 0 saturated carbocycles. The van der Waals surface area contributed by atoms with E-state index in [1.165, 1.54) is 0 Å². The SMILES string of the molecule is CCCCN(C)C(=NCC(O)c1ccco1)NCC.I. The number of nitrogens with one attached hydrogen (secondary N) is 1. The molecule has 0 aromatic carbocycles. The summed E-state index contributed by atoms with van der Waals surface area (Å²) in [6.45, 7) is 6.27. The van der Waals surface area contributed by atoms with Crippen molar-refractivity contribution in [3.05, 3.63) is 24.2 Å². The highest BCUT2D eigenvalue weighted by molar-refractivity contribution is 14.0. The molecule has 0 aliphatic heterocycles. The van der Waals surface area contributed by atoms with E-state index in [4.69, 9.17) is 4.42 Å². The Kier molecular flexibility index (Phi) is 10.5. The second-order valence-electron chi connectivity index (χ2n) is 4.50. The highest BCUT2D eigenvalue weighted by Crippen LogP contribution is 2.13. The number of aliphatic imine (C=N–C) groups is 1. The van der Waals surface area contributed by atoms with Crippen molar-refractivity contribution in [1.82, 2.24) is 10.2 Å². The van der Waals surface area contributed by atoms with Crippen LogP contribution in [0.25, 0.3) is 0 Å². The number of unbranched alkanes of at least 4 members (excludes halogenated alkanes) is 1. The van der Waals surface area contributed by atoms with Gasteiger partial charge in [0.25, 0.3) is 0 Å². The predicted octanol–water partition coefficient (Wildman–Crippen LogP) is 2.63. The van der Waals surface area contributed by atoms with Gasteiger partial charge in [-0.1, -0.05) is 13.3 Å². The van der Waals surface area contributed by atoms with Gasteiger partial charge in [0.1, 0.15) is 11.9 Å². The lowest BCUT2D eigenvalue weighted by atomic mass is 10.3. The third-order valence-electron chi connectivity index (χ3n) is 2.83. The lowest BCUT2D eigenvalue weighted by molar-refractivity contribution is 0.158. The zero-order valence-corrected chi connectivity index (χ0v) is 14.8. The van der Waals surface area contributed by atoms with Gasteiger partial charge in [0, 0.05) is 20.1 Å². The molecule has 116 valence electrons. The average molecular weight is 395 g/mol. The lowest BCUT2D eigenvalue weighted by Crippen LogP contribution is -2.39. The highest BCUT2D eigenvalue weighted by Gasteiger charge is 2.11. The molecule has 2 N–H and O–H groups in total. The van der Waals surface area contributed by atoms with E-state index in [-0.39, 0.29) is 24.0 Å². The van der Waals surface area contributed by atoms with Gasteiger partial charge in [-0.15, -0.1) is 24.0 Å². The van der Waals surface area contributed by atoms with E-state index < -0.39 is 6.10 Å². The largest absolute Gasteiger partial charge is 0.467 e. The van der Waals surface area contributed by atoms with Crippen LogP contribution < -0.4 is 5.32 Å². The van der Waals surface area contributed by atoms with Gasteiger partial charge in [-0.3, -0.25) is 0 Å². The number of aliphatic hydroxyl groups excluding tert-OH is 1. The molecule has 0 spiro atoms. The fraction of sp³-hybridized carbons (Fsp3) is 0.643. The Hall–Kier alpha value is -0.760. The first kappa shape index (κ1) is 19.2. The first-order valence-electron chi connectivity index (χ1n) is 6.89. The molecule has 1 aromatic rings. The first-order chi connectivity index (χ1) is 9.19. The van der Waals surface area contributed by atoms with E-state index in [1.54, 1.807) is 18.4 Å². The molecule has 0 aliphatic rings. The quantitative estimate of drug-likeness (QED) is 0.423. The summed E-state index contributed by atoms with van der Waals surface area (Å²) < 4.78 is 5.16. The molecule has 5 nitrogen and oxygen atoms in total. The van der Waals surface area contributed by atoms with Crippen molar-refractivity contribution >= 4 is 29.9 Å². The highest BCUT2D eigenvalue weighted by atomic mass is 127. The average Bonchev–Trinajstić information content (AvgIpc) is 2.94. The third-order valence-corrected chi connectivity index (χ3v) is 2.83. The Labute approximate surface area is 138 Å². The molecule has 0 amide bonds. The van der Waals surface area contributed by atoms with Gasteiger partial charge in [0.15, 0.2) is 5.96 Å². The van der Waals surface area contributed by atoms with Crippen LogP contribution in [0.5, 0.6) is 0 Å². The van der Waals surface area contributed by atoms with Crippen LogP contribution in [0.1, 0.15) is 38.6 Å². The number of aliphatic hydroxyl groups is 1. The molecule has 20 heavy (non-hydrogen) atoms. The van der Waals surface area contributed by atoms with Crippen LogP contribution in [0.3, 0.4) is 0 Å². The van der Waals surface area contributed by atoms with Crippen molar-refractivity contribution in [2.24, 2.45) is 4.99 Å². The first-order valence-corrected chi connectivity index (χ1v) is 6.89. The topological polar surface area (TPSA) is 61.0 Å². The van der Waals surface area contributed by atoms with Crippen LogP contribution in [0.4, 0.5) is 0 Å². The smallest absolute Gasteiger partial charge is 0.193 e. The van der Waals surface area contributed by atoms with Gasteiger partial charge < -0.3 is 19.7 Å². The number of furan rings is 1. The van der Waals surface area contributed by atoms with Gasteiger partial charge in [-0.2, -0.15) is 0 Å². The van der Waals surface area contributed by atoms with Crippen molar-refractivity contribution in [3.63, 3.8) is 0 Å². The van der Waals surface area contributed by atoms with Crippen molar-refractivity contribution in [3.8, 4) is 0 Å². The minimum atomic E-state index is -0.691. The van der Waals surface area contributed by atoms with Gasteiger partial charge in [0.2, 0.25) is 0 Å². The van der Waals surface area contributed by atoms with Crippen LogP contribution in [0.15, 0.2) is 27.8 Å². The summed E-state index contributed by atoms with van der Waals surface area (Å²) >= 11 is 0. The van der Waals surface area contributed by atoms with E-state index in [0.29, 0.717) is 12.3 Å². The van der Waals surface area contributed by atoms with Crippen LogP contribution in [-0.4, -0.2) is 42.6 Å². The number of hydrogen-bond acceptors (Lipinski definition) is 3. The van der Waals surface area contributed by atoms with Crippen molar-refractivity contribution < 1.29 is 9.52 Å². The molecule has 0 bridgehead atoms. The van der Waals surface area contributed by atoms with Gasteiger partial charge >= 0.3 is 0 Å². The summed E-state index contributed by atoms with van der Waals surface area (Å²) in [7, 11) is 2.01. The van der Waals surface area contributed by atoms with E-state index in [1.807, 2.05) is 14.0 Å². The zero-order chi connectivity index (χ0) is 14.1. The fourth-order valence-corrected chi connectivity index (χ4v) is 1.71. The number of nitrogens with zero attached hydrogens (tertiary/aromatic N) is 2. The van der Waals surface area contributed by atoms with Gasteiger partial charge in [0.05, 0.1) is 12.8 Å². The second-order valence-corrected chi connectivity index (χ2v) is 4.50. The predicted molar refractivity (Wildman–Crippen MR) is 92.6 cm³/mol. The molecule has 0 saturated heterocycles. The molecular weight excluding hydrogens is 369 g/mol. The normalized spacial score (nSPS) is 12.7. The maximum atomic E-state index is 9.94. The Balaban J connectivity index is 0.00000361. The van der Waals surface area contributed by atoms with Crippen LogP contribution in [-0.2, 0) is 0 Å². The summed E-state index contributed by atoms with van der Waals surface area (Å²) in [6, 6.07) is 3.52. The Bertz CT molecular complexity index is 369. The van der Waals surface area contributed by atoms with Gasteiger partial charge in [-0.25, -0.2) is 4.99 Å². The summed E-state index contributed by atoms with van der Waals surface area (Å²) in [5.74, 6) is 1.37. The molecular formula is C14H26IN3O2. The van der Waals surface area contributed by atoms with E-state index in [2.05, 4.69) is 22.1 Å². The van der Waals surface area contributed by atoms with Crippen molar-refractivity contribution in [2.75, 3.05) is 26.7 Å². The Morgan fingerprint density at radius 2 is 2.25 bits per heavy atom. The number of halogens is 1. The summed E-state index contributed by atoms with van der Waals surface area (Å²) in [4.78, 5) is 6.53. The molecule has 6 heteroatoms. The maximum Gasteiger partial charge on any atom is 0.193 e. The lowest BCUT2D eigenvalue weighted by Gasteiger charge is -2.22. The van der Waals surface area contributed by atoms with Gasteiger partial charge in [-0.05, 0) is 25.5 Å². The standard InChI is InChI=1S/C14H25N3O2.HI/c1-4-6-9-17(3)14(15-5-2)16-11-12(18)13-8-7-10-19-13;/h7-8,10,12,18H,4-6,9,11H2,1-3H3,(H,15,16);1H. The van der Waals surface area contributed by atoms with Crippen molar-refractivity contribution in [2.45, 2.75) is 32.8 Å². The molecule has 0 fully saturated rings. The van der Waals surface area contributed by atoms with E-state index >= 15 is 0 Å². The second kappa shape index (κ2) is 11.0. The number of guanidine groups is 1. The Morgan fingerprint density at radius 1 is 1.50 bits per heavy atom. The summed E-state index contributed by atoms with van der Waals surface area (Å²) in [6.07, 6.45) is 3.14. The monoisotopic (exact) mass is 395 g/mol. The number of hydrogen-bond donors (Lipinski definition) is 2. The molecule has 0 aliphatic carbocycles. The zero-order valence-electron chi connectivity index (χ0n) is 12.5. The van der Waals surface area contributed by atoms with Crippen LogP contribution >= 0.6 is 24.0 Å². The summed E-state index contributed by atoms with van der Waals surface area (Å²) in [5.41, 5.74) is 0. The van der Waals surface area contributed by atoms with E-state index in [9.17, 15) is 5.11 Å². The number of rotatable bonds is 7. The molecule has 1 rings (SSSR count).